The second-order valence-corrected chi connectivity index (χ2v) is 7.43. The number of benzene rings is 1. The maximum absolute atomic E-state index is 12.7. The second-order valence-electron chi connectivity index (χ2n) is 6.33. The number of hydrogen-bond acceptors (Lipinski definition) is 4. The number of anilines is 1. The van der Waals surface area contributed by atoms with Gasteiger partial charge in [-0.2, -0.15) is 11.8 Å². The third-order valence-electron chi connectivity index (χ3n) is 4.60. The molecule has 2 atom stereocenters. The SMILES string of the molecule is CN(C)c1ccc(C(=O)C2CCOC3(CCSC3)C2)cc1. The van der Waals surface area contributed by atoms with Gasteiger partial charge >= 0.3 is 0 Å². The third-order valence-corrected chi connectivity index (χ3v) is 5.82. The fraction of sp³-hybridized carbons (Fsp3) is 0.588. The highest BCUT2D eigenvalue weighted by atomic mass is 32.2. The van der Waals surface area contributed by atoms with E-state index >= 15 is 0 Å². The van der Waals surface area contributed by atoms with Crippen LogP contribution in [0.1, 0.15) is 29.6 Å². The van der Waals surface area contributed by atoms with E-state index in [4.69, 9.17) is 4.74 Å². The van der Waals surface area contributed by atoms with Crippen molar-refractivity contribution < 1.29 is 9.53 Å². The Labute approximate surface area is 131 Å². The van der Waals surface area contributed by atoms with Crippen LogP contribution in [0.15, 0.2) is 24.3 Å². The van der Waals surface area contributed by atoms with E-state index < -0.39 is 0 Å². The Morgan fingerprint density at radius 1 is 1.33 bits per heavy atom. The lowest BCUT2D eigenvalue weighted by Crippen LogP contribution is -2.42. The van der Waals surface area contributed by atoms with Gasteiger partial charge in [0.05, 0.1) is 5.60 Å². The van der Waals surface area contributed by atoms with Crippen LogP contribution in [-0.4, -0.2) is 43.6 Å². The zero-order valence-corrected chi connectivity index (χ0v) is 13.6. The van der Waals surface area contributed by atoms with Crippen LogP contribution in [0.4, 0.5) is 5.69 Å². The summed E-state index contributed by atoms with van der Waals surface area (Å²) in [5.74, 6) is 2.64. The van der Waals surface area contributed by atoms with Gasteiger partial charge < -0.3 is 9.64 Å². The number of nitrogens with zero attached hydrogens (tertiary/aromatic N) is 1. The molecule has 2 heterocycles. The number of rotatable bonds is 3. The Hall–Kier alpha value is -1.00. The number of carbonyl (C=O) groups excluding carboxylic acids is 1. The van der Waals surface area contributed by atoms with E-state index in [0.29, 0.717) is 5.78 Å². The van der Waals surface area contributed by atoms with Gasteiger partial charge in [0.15, 0.2) is 5.78 Å². The number of hydrogen-bond donors (Lipinski definition) is 0. The van der Waals surface area contributed by atoms with Gasteiger partial charge in [0, 0.05) is 43.6 Å². The van der Waals surface area contributed by atoms with Crippen molar-refractivity contribution >= 4 is 23.2 Å². The lowest BCUT2D eigenvalue weighted by Gasteiger charge is -2.37. The summed E-state index contributed by atoms with van der Waals surface area (Å²) in [5, 5.41) is 0. The van der Waals surface area contributed by atoms with Crippen LogP contribution in [0.2, 0.25) is 0 Å². The van der Waals surface area contributed by atoms with E-state index in [1.807, 2.05) is 55.0 Å². The minimum atomic E-state index is -0.0210. The predicted octanol–water partition coefficient (Wildman–Crippen LogP) is 3.24. The monoisotopic (exact) mass is 305 g/mol. The van der Waals surface area contributed by atoms with Crippen molar-refractivity contribution in [3.8, 4) is 0 Å². The zero-order valence-electron chi connectivity index (χ0n) is 12.8. The first-order valence-corrected chi connectivity index (χ1v) is 8.78. The van der Waals surface area contributed by atoms with E-state index in [0.717, 1.165) is 42.9 Å². The number of carbonyl (C=O) groups is 1. The fourth-order valence-electron chi connectivity index (χ4n) is 3.27. The molecule has 0 aromatic heterocycles. The van der Waals surface area contributed by atoms with E-state index in [-0.39, 0.29) is 11.5 Å². The van der Waals surface area contributed by atoms with Gasteiger partial charge in [0.2, 0.25) is 0 Å². The van der Waals surface area contributed by atoms with E-state index in [1.165, 1.54) is 5.75 Å². The average Bonchev–Trinajstić information content (AvgIpc) is 2.94. The van der Waals surface area contributed by atoms with Crippen LogP contribution >= 0.6 is 11.8 Å². The first kappa shape index (κ1) is 14.9. The minimum Gasteiger partial charge on any atom is -0.378 e. The summed E-state index contributed by atoms with van der Waals surface area (Å²) in [5.41, 5.74) is 1.95. The first-order valence-electron chi connectivity index (χ1n) is 7.63. The highest BCUT2D eigenvalue weighted by Gasteiger charge is 2.42. The van der Waals surface area contributed by atoms with Crippen molar-refractivity contribution in [3.05, 3.63) is 29.8 Å². The van der Waals surface area contributed by atoms with Crippen molar-refractivity contribution in [3.63, 3.8) is 0 Å². The molecule has 114 valence electrons. The minimum absolute atomic E-state index is 0.0210. The van der Waals surface area contributed by atoms with E-state index in [1.54, 1.807) is 0 Å². The molecular formula is C17H23NO2S. The van der Waals surface area contributed by atoms with Gasteiger partial charge in [-0.3, -0.25) is 4.79 Å². The van der Waals surface area contributed by atoms with Gasteiger partial charge in [0.1, 0.15) is 0 Å². The Balaban J connectivity index is 1.72. The van der Waals surface area contributed by atoms with Crippen molar-refractivity contribution in [1.82, 2.24) is 0 Å². The molecule has 0 radical (unpaired) electrons. The highest BCUT2D eigenvalue weighted by Crippen LogP contribution is 2.41. The summed E-state index contributed by atoms with van der Waals surface area (Å²) < 4.78 is 6.01. The third kappa shape index (κ3) is 3.11. The van der Waals surface area contributed by atoms with Crippen LogP contribution in [0.25, 0.3) is 0 Å². The Morgan fingerprint density at radius 3 is 2.71 bits per heavy atom. The average molecular weight is 305 g/mol. The van der Waals surface area contributed by atoms with Crippen LogP contribution < -0.4 is 4.90 Å². The van der Waals surface area contributed by atoms with Gasteiger partial charge in [-0.15, -0.1) is 0 Å². The molecule has 0 N–H and O–H groups in total. The lowest BCUT2D eigenvalue weighted by molar-refractivity contribution is -0.0734. The second kappa shape index (κ2) is 6.01. The van der Waals surface area contributed by atoms with E-state index in [2.05, 4.69) is 0 Å². The maximum atomic E-state index is 12.7. The molecule has 0 aliphatic carbocycles. The molecule has 3 nitrogen and oxygen atoms in total. The van der Waals surface area contributed by atoms with Gasteiger partial charge in [-0.05, 0) is 49.3 Å². The summed E-state index contributed by atoms with van der Waals surface area (Å²) >= 11 is 1.95. The summed E-state index contributed by atoms with van der Waals surface area (Å²) in [6.45, 7) is 0.729. The van der Waals surface area contributed by atoms with Crippen molar-refractivity contribution in [1.29, 1.82) is 0 Å². The largest absolute Gasteiger partial charge is 0.378 e. The van der Waals surface area contributed by atoms with Gasteiger partial charge in [-0.1, -0.05) is 0 Å². The van der Waals surface area contributed by atoms with E-state index in [9.17, 15) is 4.79 Å². The molecule has 1 spiro atoms. The molecule has 2 saturated heterocycles. The molecule has 0 bridgehead atoms. The number of ether oxygens (including phenoxy) is 1. The normalized spacial score (nSPS) is 28.8. The van der Waals surface area contributed by atoms with Crippen LogP contribution in [0.3, 0.4) is 0 Å². The molecule has 1 aromatic rings. The first-order chi connectivity index (χ1) is 10.1. The summed E-state index contributed by atoms with van der Waals surface area (Å²) in [4.78, 5) is 14.8. The molecular weight excluding hydrogens is 282 g/mol. The lowest BCUT2D eigenvalue weighted by atomic mass is 9.81. The standard InChI is InChI=1S/C17H23NO2S/c1-18(2)15-5-3-13(4-6-15)16(19)14-7-9-20-17(11-14)8-10-21-12-17/h3-6,14H,7-12H2,1-2H3. The zero-order chi connectivity index (χ0) is 14.9. The summed E-state index contributed by atoms with van der Waals surface area (Å²) in [7, 11) is 4.02. The van der Waals surface area contributed by atoms with Crippen LogP contribution in [0, 0.1) is 5.92 Å². The Kier molecular flexibility index (Phi) is 4.27. The van der Waals surface area contributed by atoms with Crippen molar-refractivity contribution in [2.45, 2.75) is 24.9 Å². The van der Waals surface area contributed by atoms with Crippen LogP contribution in [0.5, 0.6) is 0 Å². The molecule has 1 aromatic carbocycles. The molecule has 0 amide bonds. The van der Waals surface area contributed by atoms with Crippen LogP contribution in [-0.2, 0) is 4.74 Å². The number of Topliss-reactive ketones (excluding diaryl/α,β-unsaturated/α-hetero) is 1. The highest BCUT2D eigenvalue weighted by molar-refractivity contribution is 7.99. The molecule has 2 aliphatic rings. The molecule has 21 heavy (non-hydrogen) atoms. The molecule has 2 aliphatic heterocycles. The van der Waals surface area contributed by atoms with Gasteiger partial charge in [-0.25, -0.2) is 0 Å². The van der Waals surface area contributed by atoms with Gasteiger partial charge in [0.25, 0.3) is 0 Å². The molecule has 0 saturated carbocycles. The molecule has 3 rings (SSSR count). The maximum Gasteiger partial charge on any atom is 0.166 e. The quantitative estimate of drug-likeness (QED) is 0.802. The molecule has 4 heteroatoms. The summed E-state index contributed by atoms with van der Waals surface area (Å²) in [6, 6.07) is 7.97. The molecule has 2 unspecified atom stereocenters. The topological polar surface area (TPSA) is 29.5 Å². The Morgan fingerprint density at radius 2 is 2.10 bits per heavy atom. The summed E-state index contributed by atoms with van der Waals surface area (Å²) in [6.07, 6.45) is 2.86. The number of ketones is 1. The molecule has 2 fully saturated rings. The smallest absolute Gasteiger partial charge is 0.166 e. The van der Waals surface area contributed by atoms with Crippen molar-refractivity contribution in [2.24, 2.45) is 5.92 Å². The fourth-order valence-corrected chi connectivity index (χ4v) is 4.65. The predicted molar refractivity (Wildman–Crippen MR) is 88.4 cm³/mol. The number of thioether (sulfide) groups is 1. The Bertz CT molecular complexity index is 506. The van der Waals surface area contributed by atoms with Crippen molar-refractivity contribution in [2.75, 3.05) is 37.1 Å².